The van der Waals surface area contributed by atoms with E-state index in [-0.39, 0.29) is 25.2 Å². The summed E-state index contributed by atoms with van der Waals surface area (Å²) in [5.41, 5.74) is 0. The zero-order valence-electron chi connectivity index (χ0n) is 29.8. The van der Waals surface area contributed by atoms with Crippen LogP contribution in [0.5, 0.6) is 0 Å². The number of hydrogen-bond donors (Lipinski definition) is 1. The van der Waals surface area contributed by atoms with Crippen LogP contribution in [0.15, 0.2) is 60.8 Å². The molecule has 0 aliphatic rings. The normalized spacial score (nSPS) is 12.8. The van der Waals surface area contributed by atoms with Gasteiger partial charge in [-0.15, -0.1) is 0 Å². The van der Waals surface area contributed by atoms with Gasteiger partial charge in [0.1, 0.15) is 6.61 Å². The number of allylic oxidation sites excluding steroid dienone is 10. The van der Waals surface area contributed by atoms with Gasteiger partial charge in [-0.2, -0.15) is 0 Å². The van der Waals surface area contributed by atoms with Crippen LogP contribution in [-0.2, 0) is 19.1 Å². The Balaban J connectivity index is 3.69. The van der Waals surface area contributed by atoms with Gasteiger partial charge in [0.2, 0.25) is 0 Å². The van der Waals surface area contributed by atoms with Crippen LogP contribution < -0.4 is 0 Å². The summed E-state index contributed by atoms with van der Waals surface area (Å²) in [5, 5.41) is 9.51. The van der Waals surface area contributed by atoms with Crippen molar-refractivity contribution in [2.75, 3.05) is 13.2 Å². The molecule has 0 rings (SSSR count). The maximum Gasteiger partial charge on any atom is 0.306 e. The van der Waals surface area contributed by atoms with Crippen molar-refractivity contribution in [1.82, 2.24) is 0 Å². The van der Waals surface area contributed by atoms with Gasteiger partial charge < -0.3 is 14.6 Å². The monoisotopic (exact) mass is 643 g/mol. The molecular formula is C41H70O5. The lowest BCUT2D eigenvalue weighted by molar-refractivity contribution is -0.161. The van der Waals surface area contributed by atoms with Gasteiger partial charge >= 0.3 is 11.9 Å². The maximum absolute atomic E-state index is 12.1. The fraction of sp³-hybridized carbons (Fsp3) is 0.707. The highest BCUT2D eigenvalue weighted by molar-refractivity contribution is 5.70. The molecule has 0 aliphatic heterocycles. The first-order chi connectivity index (χ1) is 22.6. The SMILES string of the molecule is CCCC/C=C/CCCCCCCC(=O)O[C@@H](CO)COC(=O)CCC/C=C/C/C=C/C/C=C/C/C=C/CCCCCCCCC. The molecule has 0 unspecified atom stereocenters. The molecule has 1 atom stereocenters. The quantitative estimate of drug-likeness (QED) is 0.0438. The van der Waals surface area contributed by atoms with Crippen LogP contribution >= 0.6 is 0 Å². The Morgan fingerprint density at radius 3 is 1.46 bits per heavy atom. The molecule has 0 aliphatic carbocycles. The van der Waals surface area contributed by atoms with Crippen molar-refractivity contribution in [3.05, 3.63) is 60.8 Å². The van der Waals surface area contributed by atoms with Crippen LogP contribution in [-0.4, -0.2) is 36.4 Å². The van der Waals surface area contributed by atoms with Gasteiger partial charge in [-0.25, -0.2) is 0 Å². The Bertz CT molecular complexity index is 823. The molecule has 0 amide bonds. The Kier molecular flexibility index (Phi) is 35.1. The van der Waals surface area contributed by atoms with Crippen molar-refractivity contribution in [2.45, 2.75) is 174 Å². The zero-order chi connectivity index (χ0) is 33.6. The lowest BCUT2D eigenvalue weighted by Crippen LogP contribution is -2.28. The van der Waals surface area contributed by atoms with Crippen LogP contribution in [0.4, 0.5) is 0 Å². The summed E-state index contributed by atoms with van der Waals surface area (Å²) in [7, 11) is 0. The highest BCUT2D eigenvalue weighted by Gasteiger charge is 2.16. The third kappa shape index (κ3) is 34.5. The standard InChI is InChI=1S/C41H70O5/c1-3-5-7-9-11-13-15-16-17-18-19-20-21-22-23-24-26-27-29-31-33-35-40(43)45-38-39(37-42)46-41(44)36-34-32-30-28-25-14-12-10-8-6-4-2/h10,12,17-18,20-21,23-24,27,29,39,42H,3-9,11,13-16,19,22,25-26,28,30-38H2,1-2H3/b12-10+,18-17+,21-20+,24-23+,29-27+/t39-/m0/s1. The number of carbonyl (C=O) groups is 2. The van der Waals surface area contributed by atoms with Gasteiger partial charge in [-0.05, 0) is 70.6 Å². The van der Waals surface area contributed by atoms with E-state index in [2.05, 4.69) is 74.6 Å². The molecule has 0 heterocycles. The molecule has 5 heteroatoms. The Labute approximate surface area is 283 Å². The zero-order valence-corrected chi connectivity index (χ0v) is 29.8. The van der Waals surface area contributed by atoms with Crippen LogP contribution in [0.25, 0.3) is 0 Å². The maximum atomic E-state index is 12.1. The minimum Gasteiger partial charge on any atom is -0.462 e. The summed E-state index contributed by atoms with van der Waals surface area (Å²) >= 11 is 0. The van der Waals surface area contributed by atoms with Crippen molar-refractivity contribution >= 4 is 11.9 Å². The van der Waals surface area contributed by atoms with E-state index in [4.69, 9.17) is 9.47 Å². The van der Waals surface area contributed by atoms with Crippen LogP contribution in [0.2, 0.25) is 0 Å². The van der Waals surface area contributed by atoms with Gasteiger partial charge in [-0.1, -0.05) is 145 Å². The number of aliphatic hydroxyl groups excluding tert-OH is 1. The Hall–Kier alpha value is -2.40. The van der Waals surface area contributed by atoms with Crippen molar-refractivity contribution in [2.24, 2.45) is 0 Å². The predicted octanol–water partition coefficient (Wildman–Crippen LogP) is 11.6. The van der Waals surface area contributed by atoms with Gasteiger partial charge in [-0.3, -0.25) is 9.59 Å². The van der Waals surface area contributed by atoms with Gasteiger partial charge in [0.25, 0.3) is 0 Å². The average molecular weight is 643 g/mol. The number of hydrogen-bond acceptors (Lipinski definition) is 5. The highest BCUT2D eigenvalue weighted by atomic mass is 16.6. The Morgan fingerprint density at radius 2 is 0.913 bits per heavy atom. The molecule has 0 aromatic carbocycles. The van der Waals surface area contributed by atoms with Crippen molar-refractivity contribution in [3.8, 4) is 0 Å². The lowest BCUT2D eigenvalue weighted by atomic mass is 10.1. The first-order valence-electron chi connectivity index (χ1n) is 18.8. The topological polar surface area (TPSA) is 72.8 Å². The molecular weight excluding hydrogens is 572 g/mol. The van der Waals surface area contributed by atoms with E-state index in [0.29, 0.717) is 19.3 Å². The molecule has 0 fully saturated rings. The molecule has 0 bridgehead atoms. The third-order valence-electron chi connectivity index (χ3n) is 7.78. The van der Waals surface area contributed by atoms with E-state index in [9.17, 15) is 14.7 Å². The van der Waals surface area contributed by atoms with Crippen LogP contribution in [0, 0.1) is 0 Å². The van der Waals surface area contributed by atoms with E-state index >= 15 is 0 Å². The molecule has 0 spiro atoms. The van der Waals surface area contributed by atoms with Gasteiger partial charge in [0.15, 0.2) is 6.10 Å². The number of ether oxygens (including phenoxy) is 2. The largest absolute Gasteiger partial charge is 0.462 e. The molecule has 5 nitrogen and oxygen atoms in total. The van der Waals surface area contributed by atoms with Crippen LogP contribution in [0.1, 0.15) is 168 Å². The minimum absolute atomic E-state index is 0.0997. The lowest BCUT2D eigenvalue weighted by Gasteiger charge is -2.15. The number of carbonyl (C=O) groups excluding carboxylic acids is 2. The molecule has 0 saturated heterocycles. The molecule has 0 radical (unpaired) electrons. The minimum atomic E-state index is -0.798. The summed E-state index contributed by atoms with van der Waals surface area (Å²) in [6.45, 7) is 4.02. The average Bonchev–Trinajstić information content (AvgIpc) is 3.06. The van der Waals surface area contributed by atoms with E-state index in [1.807, 2.05) is 0 Å². The summed E-state index contributed by atoms with van der Waals surface area (Å²) in [5.74, 6) is -0.673. The number of esters is 2. The van der Waals surface area contributed by atoms with E-state index < -0.39 is 6.10 Å². The summed E-state index contributed by atoms with van der Waals surface area (Å²) in [4.78, 5) is 24.1. The highest BCUT2D eigenvalue weighted by Crippen LogP contribution is 2.11. The fourth-order valence-electron chi connectivity index (χ4n) is 4.88. The first-order valence-corrected chi connectivity index (χ1v) is 18.8. The second-order valence-electron chi connectivity index (χ2n) is 12.3. The molecule has 0 saturated carbocycles. The Morgan fingerprint density at radius 1 is 0.500 bits per heavy atom. The van der Waals surface area contributed by atoms with E-state index in [0.717, 1.165) is 51.4 Å². The number of aliphatic hydroxyl groups is 1. The molecule has 264 valence electrons. The van der Waals surface area contributed by atoms with Crippen molar-refractivity contribution in [1.29, 1.82) is 0 Å². The summed E-state index contributed by atoms with van der Waals surface area (Å²) in [6.07, 6.45) is 47.2. The number of rotatable bonds is 33. The summed E-state index contributed by atoms with van der Waals surface area (Å²) < 4.78 is 10.5. The summed E-state index contributed by atoms with van der Waals surface area (Å²) in [6, 6.07) is 0. The first kappa shape index (κ1) is 43.6. The van der Waals surface area contributed by atoms with E-state index in [1.54, 1.807) is 0 Å². The van der Waals surface area contributed by atoms with Gasteiger partial charge in [0, 0.05) is 12.8 Å². The van der Waals surface area contributed by atoms with E-state index in [1.165, 1.54) is 83.5 Å². The van der Waals surface area contributed by atoms with Crippen molar-refractivity contribution in [3.63, 3.8) is 0 Å². The number of unbranched alkanes of at least 4 members (excludes halogenated alkanes) is 15. The smallest absolute Gasteiger partial charge is 0.306 e. The molecule has 1 N–H and O–H groups in total. The van der Waals surface area contributed by atoms with Crippen LogP contribution in [0.3, 0.4) is 0 Å². The molecule has 46 heavy (non-hydrogen) atoms. The van der Waals surface area contributed by atoms with Crippen molar-refractivity contribution < 1.29 is 24.2 Å². The second kappa shape index (κ2) is 37.1. The fourth-order valence-corrected chi connectivity index (χ4v) is 4.88. The van der Waals surface area contributed by atoms with Gasteiger partial charge in [0.05, 0.1) is 6.61 Å². The third-order valence-corrected chi connectivity index (χ3v) is 7.78. The predicted molar refractivity (Wildman–Crippen MR) is 196 cm³/mol. The molecule has 0 aromatic heterocycles. The molecule has 0 aromatic rings. The second-order valence-corrected chi connectivity index (χ2v) is 12.3.